The molecule has 0 spiro atoms. The summed E-state index contributed by atoms with van der Waals surface area (Å²) >= 11 is 0. The molecule has 4 aromatic rings. The summed E-state index contributed by atoms with van der Waals surface area (Å²) in [7, 11) is 0. The highest BCUT2D eigenvalue weighted by Gasteiger charge is 2.21. The second-order valence-corrected chi connectivity index (χ2v) is 8.42. The van der Waals surface area contributed by atoms with E-state index in [1.54, 1.807) is 4.68 Å². The molecule has 3 aromatic heterocycles. The van der Waals surface area contributed by atoms with Gasteiger partial charge in [-0.3, -0.25) is 0 Å². The van der Waals surface area contributed by atoms with Gasteiger partial charge in [-0.2, -0.15) is 0 Å². The summed E-state index contributed by atoms with van der Waals surface area (Å²) in [6, 6.07) is 13.9. The fourth-order valence-corrected chi connectivity index (χ4v) is 4.10. The first-order valence-electron chi connectivity index (χ1n) is 11.0. The second-order valence-electron chi connectivity index (χ2n) is 8.42. The molecule has 1 atom stereocenters. The number of aryl methyl sites for hydroxylation is 1. The van der Waals surface area contributed by atoms with E-state index < -0.39 is 0 Å². The van der Waals surface area contributed by atoms with Crippen LogP contribution in [0.5, 0.6) is 0 Å². The quantitative estimate of drug-likeness (QED) is 0.484. The van der Waals surface area contributed by atoms with Crippen LogP contribution in [0.2, 0.25) is 0 Å². The molecule has 1 aromatic carbocycles. The first kappa shape index (κ1) is 21.0. The number of β-amino-alcohol motifs (C(OH)–C–C–N with tert-alkyl or cyclic N) is 1. The normalized spacial score (nSPS) is 15.8. The molecule has 1 aliphatic heterocycles. The SMILES string of the molecule is Cc1cccc(-c2cc(-c3cn(Cc4cccc(N5CC[C@H](O)C5)n4)nn3)nc(N)n2)c1C. The molecular weight excluding hydrogens is 416 g/mol. The number of hydrogen-bond acceptors (Lipinski definition) is 8. The third kappa shape index (κ3) is 4.40. The fraction of sp³-hybridized carbons (Fsp3) is 0.292. The van der Waals surface area contributed by atoms with Gasteiger partial charge in [-0.05, 0) is 49.6 Å². The molecule has 5 rings (SSSR count). The van der Waals surface area contributed by atoms with E-state index >= 15 is 0 Å². The summed E-state index contributed by atoms with van der Waals surface area (Å²) < 4.78 is 1.73. The van der Waals surface area contributed by atoms with Crippen LogP contribution in [-0.2, 0) is 6.54 Å². The molecule has 1 fully saturated rings. The minimum absolute atomic E-state index is 0.195. The Bertz CT molecular complexity index is 1300. The maximum atomic E-state index is 9.81. The monoisotopic (exact) mass is 442 g/mol. The molecular formula is C24H26N8O. The molecule has 9 nitrogen and oxygen atoms in total. The van der Waals surface area contributed by atoms with Crippen molar-refractivity contribution < 1.29 is 5.11 Å². The largest absolute Gasteiger partial charge is 0.391 e. The molecule has 33 heavy (non-hydrogen) atoms. The van der Waals surface area contributed by atoms with E-state index in [1.165, 1.54) is 5.56 Å². The highest BCUT2D eigenvalue weighted by molar-refractivity contribution is 5.70. The van der Waals surface area contributed by atoms with Gasteiger partial charge in [0.05, 0.1) is 35.9 Å². The highest BCUT2D eigenvalue weighted by atomic mass is 16.3. The number of nitrogens with zero attached hydrogens (tertiary/aromatic N) is 7. The smallest absolute Gasteiger partial charge is 0.221 e. The Morgan fingerprint density at radius 1 is 1.03 bits per heavy atom. The van der Waals surface area contributed by atoms with Crippen molar-refractivity contribution in [1.29, 1.82) is 0 Å². The first-order valence-corrected chi connectivity index (χ1v) is 11.0. The lowest BCUT2D eigenvalue weighted by atomic mass is 10.0. The number of pyridine rings is 1. The van der Waals surface area contributed by atoms with Crippen LogP contribution in [0.15, 0.2) is 48.7 Å². The van der Waals surface area contributed by atoms with E-state index in [1.807, 2.05) is 42.6 Å². The number of benzene rings is 1. The van der Waals surface area contributed by atoms with Gasteiger partial charge in [0.25, 0.3) is 0 Å². The molecule has 1 aliphatic rings. The predicted molar refractivity (Wildman–Crippen MR) is 127 cm³/mol. The van der Waals surface area contributed by atoms with Crippen LogP contribution < -0.4 is 10.6 Å². The summed E-state index contributed by atoms with van der Waals surface area (Å²) in [5.74, 6) is 1.06. The summed E-state index contributed by atoms with van der Waals surface area (Å²) in [4.78, 5) is 15.6. The Balaban J connectivity index is 1.39. The Labute approximate surface area is 191 Å². The zero-order chi connectivity index (χ0) is 22.9. The lowest BCUT2D eigenvalue weighted by Gasteiger charge is -2.17. The maximum absolute atomic E-state index is 9.81. The van der Waals surface area contributed by atoms with Crippen LogP contribution in [0.25, 0.3) is 22.6 Å². The lowest BCUT2D eigenvalue weighted by Crippen LogP contribution is -2.22. The van der Waals surface area contributed by atoms with Crippen LogP contribution in [-0.4, -0.2) is 54.2 Å². The van der Waals surface area contributed by atoms with Crippen molar-refractivity contribution in [3.05, 3.63) is 65.5 Å². The topological polar surface area (TPSA) is 119 Å². The van der Waals surface area contributed by atoms with Gasteiger partial charge in [-0.25, -0.2) is 19.6 Å². The average Bonchev–Trinajstić information content (AvgIpc) is 3.45. The minimum atomic E-state index is -0.290. The number of rotatable bonds is 5. The maximum Gasteiger partial charge on any atom is 0.221 e. The molecule has 4 heterocycles. The van der Waals surface area contributed by atoms with Crippen LogP contribution in [0.1, 0.15) is 23.2 Å². The Hall–Kier alpha value is -3.85. The second kappa shape index (κ2) is 8.59. The summed E-state index contributed by atoms with van der Waals surface area (Å²) in [5.41, 5.74) is 12.3. The van der Waals surface area contributed by atoms with Crippen molar-refractivity contribution >= 4 is 11.8 Å². The summed E-state index contributed by atoms with van der Waals surface area (Å²) in [6.07, 6.45) is 2.31. The van der Waals surface area contributed by atoms with Crippen molar-refractivity contribution in [2.75, 3.05) is 23.7 Å². The number of aliphatic hydroxyl groups is 1. The van der Waals surface area contributed by atoms with Crippen LogP contribution in [0.4, 0.5) is 11.8 Å². The van der Waals surface area contributed by atoms with Crippen LogP contribution >= 0.6 is 0 Å². The fourth-order valence-electron chi connectivity index (χ4n) is 4.10. The van der Waals surface area contributed by atoms with Crippen molar-refractivity contribution in [1.82, 2.24) is 29.9 Å². The van der Waals surface area contributed by atoms with Gasteiger partial charge in [0, 0.05) is 18.7 Å². The molecule has 168 valence electrons. The van der Waals surface area contributed by atoms with Crippen LogP contribution in [0, 0.1) is 13.8 Å². The van der Waals surface area contributed by atoms with Crippen molar-refractivity contribution in [3.8, 4) is 22.6 Å². The Morgan fingerprint density at radius 3 is 2.67 bits per heavy atom. The lowest BCUT2D eigenvalue weighted by molar-refractivity contribution is 0.198. The summed E-state index contributed by atoms with van der Waals surface area (Å²) in [6.45, 7) is 6.04. The molecule has 0 radical (unpaired) electrons. The third-order valence-corrected chi connectivity index (χ3v) is 6.03. The van der Waals surface area contributed by atoms with Gasteiger partial charge >= 0.3 is 0 Å². The molecule has 0 aliphatic carbocycles. The first-order chi connectivity index (χ1) is 16.0. The zero-order valence-corrected chi connectivity index (χ0v) is 18.7. The van der Waals surface area contributed by atoms with E-state index in [2.05, 4.69) is 45.1 Å². The van der Waals surface area contributed by atoms with Crippen LogP contribution in [0.3, 0.4) is 0 Å². The minimum Gasteiger partial charge on any atom is -0.391 e. The molecule has 0 saturated carbocycles. The summed E-state index contributed by atoms with van der Waals surface area (Å²) in [5, 5.41) is 18.4. The number of aromatic nitrogens is 6. The molecule has 1 saturated heterocycles. The van der Waals surface area contributed by atoms with E-state index in [0.29, 0.717) is 24.5 Å². The van der Waals surface area contributed by atoms with Crippen molar-refractivity contribution in [2.45, 2.75) is 32.9 Å². The average molecular weight is 443 g/mol. The number of aliphatic hydroxyl groups excluding tert-OH is 1. The Morgan fingerprint density at radius 2 is 1.85 bits per heavy atom. The molecule has 0 amide bonds. The number of nitrogen functional groups attached to an aromatic ring is 1. The zero-order valence-electron chi connectivity index (χ0n) is 18.7. The molecule has 0 bridgehead atoms. The van der Waals surface area contributed by atoms with Gasteiger partial charge in [0.2, 0.25) is 5.95 Å². The highest BCUT2D eigenvalue weighted by Crippen LogP contribution is 2.27. The third-order valence-electron chi connectivity index (χ3n) is 6.03. The molecule has 3 N–H and O–H groups in total. The standard InChI is InChI=1S/C24H26N8O/c1-15-5-3-7-19(16(15)2)20-11-21(28-24(25)27-20)22-14-32(30-29-22)12-17-6-4-8-23(26-17)31-10-9-18(33)13-31/h3-8,11,14,18,33H,9-10,12-13H2,1-2H3,(H2,25,27,28)/t18-/m0/s1. The number of hydrogen-bond donors (Lipinski definition) is 2. The van der Waals surface area contributed by atoms with Gasteiger partial charge in [0.1, 0.15) is 11.5 Å². The molecule has 0 unspecified atom stereocenters. The molecule has 9 heteroatoms. The number of anilines is 2. The predicted octanol–water partition coefficient (Wildman–Crippen LogP) is 2.62. The van der Waals surface area contributed by atoms with Gasteiger partial charge < -0.3 is 15.7 Å². The van der Waals surface area contributed by atoms with Crippen molar-refractivity contribution in [3.63, 3.8) is 0 Å². The van der Waals surface area contributed by atoms with E-state index in [9.17, 15) is 5.11 Å². The van der Waals surface area contributed by atoms with E-state index in [0.717, 1.165) is 41.3 Å². The number of nitrogens with two attached hydrogens (primary N) is 1. The van der Waals surface area contributed by atoms with Crippen molar-refractivity contribution in [2.24, 2.45) is 0 Å². The van der Waals surface area contributed by atoms with Gasteiger partial charge in [0.15, 0.2) is 0 Å². The van der Waals surface area contributed by atoms with E-state index in [-0.39, 0.29) is 12.1 Å². The van der Waals surface area contributed by atoms with E-state index in [4.69, 9.17) is 10.7 Å². The Kier molecular flexibility index (Phi) is 5.47. The van der Waals surface area contributed by atoms with Gasteiger partial charge in [-0.1, -0.05) is 29.5 Å². The van der Waals surface area contributed by atoms with Gasteiger partial charge in [-0.15, -0.1) is 5.10 Å².